The van der Waals surface area contributed by atoms with Gasteiger partial charge < -0.3 is 20.0 Å². The van der Waals surface area contributed by atoms with Gasteiger partial charge in [-0.05, 0) is 35.2 Å². The number of H-pyrrole nitrogens is 1. The molecule has 5 aromatic rings. The number of hydrogen-bond acceptors (Lipinski definition) is 8. The lowest BCUT2D eigenvalue weighted by molar-refractivity contribution is -0.0476. The molecule has 3 N–H and O–H groups in total. The van der Waals surface area contributed by atoms with Crippen molar-refractivity contribution in [3.05, 3.63) is 118 Å². The van der Waals surface area contributed by atoms with E-state index < -0.39 is 35.0 Å². The number of halogens is 1. The van der Waals surface area contributed by atoms with E-state index in [9.17, 15) is 10.0 Å². The maximum Gasteiger partial charge on any atom is 0.280 e. The van der Waals surface area contributed by atoms with Crippen LogP contribution < -0.4 is 15.6 Å². The normalized spacial score (nSPS) is 22.0. The maximum absolute atomic E-state index is 15.8. The highest BCUT2D eigenvalue weighted by atomic mass is 19.1. The van der Waals surface area contributed by atoms with Gasteiger partial charge in [0.15, 0.2) is 23.6 Å². The van der Waals surface area contributed by atoms with Gasteiger partial charge in [-0.3, -0.25) is 14.3 Å². The van der Waals surface area contributed by atoms with Gasteiger partial charge in [0.1, 0.15) is 16.9 Å². The zero-order valence-corrected chi connectivity index (χ0v) is 24.5. The van der Waals surface area contributed by atoms with E-state index in [1.54, 1.807) is 14.0 Å². The fourth-order valence-corrected chi connectivity index (χ4v) is 6.15. The topological polar surface area (TPSA) is 127 Å². The predicted octanol–water partition coefficient (Wildman–Crippen LogP) is 5.64. The van der Waals surface area contributed by atoms with Gasteiger partial charge in [0.05, 0.1) is 19.7 Å². The molecule has 0 saturated carbocycles. The van der Waals surface area contributed by atoms with Gasteiger partial charge in [-0.25, -0.2) is 9.37 Å². The van der Waals surface area contributed by atoms with Crippen molar-refractivity contribution >= 4 is 23.3 Å². The Kier molecular flexibility index (Phi) is 7.64. The standard InChI is InChI=1S/C33H33FN6O4/c1-4-32(19-36-42)21(2)26(34)30(44-32)40-20-35-27-28(40)37-31(38-29(27)41)39-33(22-11-7-5-8-12-22,23-13-9-6-10-14-23)24-15-17-25(43-3)18-16-24/h5-21,26,30,42H,4H2,1-3H3,(H2,37,38,39,41)/b36-19+/t21-,26+,30+,32-/m0/s1. The molecule has 6 rings (SSSR count). The van der Waals surface area contributed by atoms with Crippen LogP contribution in [0.2, 0.25) is 0 Å². The zero-order valence-electron chi connectivity index (χ0n) is 24.5. The molecule has 0 amide bonds. The fraction of sp³-hybridized carbons (Fsp3) is 0.273. The highest BCUT2D eigenvalue weighted by Crippen LogP contribution is 2.45. The molecule has 0 aliphatic carbocycles. The second-order valence-corrected chi connectivity index (χ2v) is 10.9. The summed E-state index contributed by atoms with van der Waals surface area (Å²) in [6.45, 7) is 3.53. The van der Waals surface area contributed by atoms with Crippen molar-refractivity contribution in [3.8, 4) is 5.75 Å². The number of oxime groups is 1. The van der Waals surface area contributed by atoms with Crippen molar-refractivity contribution < 1.29 is 19.1 Å². The number of rotatable bonds is 9. The summed E-state index contributed by atoms with van der Waals surface area (Å²) in [7, 11) is 1.61. The lowest BCUT2D eigenvalue weighted by Crippen LogP contribution is -2.39. The average molecular weight is 597 g/mol. The SMILES string of the molecule is CC[C@@]1(/C=N/O)O[C@@H](n2cnc3c(=O)[nH]c(NC(c4ccccc4)(c4ccccc4)c4ccc(OC)cc4)nc32)[C@H](F)[C@@H]1C. The molecule has 0 spiro atoms. The summed E-state index contributed by atoms with van der Waals surface area (Å²) in [6.07, 6.45) is 0.313. The molecule has 10 nitrogen and oxygen atoms in total. The number of aromatic amines is 1. The first-order valence-electron chi connectivity index (χ1n) is 14.4. The lowest BCUT2D eigenvalue weighted by Gasteiger charge is -2.37. The molecule has 1 saturated heterocycles. The van der Waals surface area contributed by atoms with Crippen LogP contribution in [0, 0.1) is 5.92 Å². The van der Waals surface area contributed by atoms with Crippen molar-refractivity contribution in [1.29, 1.82) is 0 Å². The first kappa shape index (κ1) is 29.1. The molecule has 1 aliphatic heterocycles. The Bertz CT molecular complexity index is 1790. The number of methoxy groups -OCH3 is 1. The molecule has 1 aliphatic rings. The zero-order chi connectivity index (χ0) is 30.9. The highest BCUT2D eigenvalue weighted by Gasteiger charge is 2.53. The Labute approximate surface area is 253 Å². The summed E-state index contributed by atoms with van der Waals surface area (Å²) < 4.78 is 28.9. The summed E-state index contributed by atoms with van der Waals surface area (Å²) in [4.78, 5) is 25.3. The van der Waals surface area contributed by atoms with Crippen LogP contribution in [0.1, 0.15) is 43.2 Å². The lowest BCUT2D eigenvalue weighted by atomic mass is 9.77. The van der Waals surface area contributed by atoms with E-state index in [0.29, 0.717) is 12.2 Å². The molecule has 0 unspecified atom stereocenters. The molecule has 3 heterocycles. The molecular weight excluding hydrogens is 563 g/mol. The van der Waals surface area contributed by atoms with Crippen LogP contribution in [-0.2, 0) is 10.3 Å². The third kappa shape index (κ3) is 4.69. The van der Waals surface area contributed by atoms with Crippen LogP contribution in [0.15, 0.2) is 101 Å². The minimum Gasteiger partial charge on any atom is -0.497 e. The maximum atomic E-state index is 15.8. The summed E-state index contributed by atoms with van der Waals surface area (Å²) in [5.74, 6) is 0.207. The van der Waals surface area contributed by atoms with E-state index in [0.717, 1.165) is 16.7 Å². The number of ether oxygens (including phenoxy) is 2. The molecule has 11 heteroatoms. The number of imidazole rings is 1. The monoisotopic (exact) mass is 596 g/mol. The van der Waals surface area contributed by atoms with E-state index in [1.165, 1.54) is 17.1 Å². The molecule has 1 fully saturated rings. The number of nitrogens with one attached hydrogen (secondary N) is 2. The minimum atomic E-state index is -1.49. The Balaban J connectivity index is 1.53. The number of anilines is 1. The summed E-state index contributed by atoms with van der Waals surface area (Å²) in [6, 6.07) is 27.3. The summed E-state index contributed by atoms with van der Waals surface area (Å²) in [5, 5.41) is 16.0. The Morgan fingerprint density at radius 2 is 1.70 bits per heavy atom. The average Bonchev–Trinajstić information content (AvgIpc) is 3.60. The number of alkyl halides is 1. The van der Waals surface area contributed by atoms with Gasteiger partial charge in [0.25, 0.3) is 5.56 Å². The van der Waals surface area contributed by atoms with Crippen LogP contribution in [0.5, 0.6) is 5.75 Å². The molecule has 4 atom stereocenters. The van der Waals surface area contributed by atoms with E-state index >= 15 is 4.39 Å². The molecule has 2 aromatic heterocycles. The van der Waals surface area contributed by atoms with Gasteiger partial charge in [-0.2, -0.15) is 4.98 Å². The number of benzene rings is 3. The third-order valence-corrected chi connectivity index (χ3v) is 8.64. The van der Waals surface area contributed by atoms with Gasteiger partial charge in [-0.1, -0.05) is 91.8 Å². The van der Waals surface area contributed by atoms with Crippen LogP contribution in [0.25, 0.3) is 11.2 Å². The second-order valence-electron chi connectivity index (χ2n) is 10.9. The number of nitrogens with zero attached hydrogens (tertiary/aromatic N) is 4. The number of aromatic nitrogens is 4. The molecule has 3 aromatic carbocycles. The van der Waals surface area contributed by atoms with Crippen LogP contribution >= 0.6 is 0 Å². The van der Waals surface area contributed by atoms with Crippen molar-refractivity contribution in [3.63, 3.8) is 0 Å². The molecule has 44 heavy (non-hydrogen) atoms. The van der Waals surface area contributed by atoms with Gasteiger partial charge in [0, 0.05) is 5.92 Å². The largest absolute Gasteiger partial charge is 0.497 e. The van der Waals surface area contributed by atoms with Crippen LogP contribution in [0.4, 0.5) is 10.3 Å². The van der Waals surface area contributed by atoms with Gasteiger partial charge in [-0.15, -0.1) is 0 Å². The first-order valence-corrected chi connectivity index (χ1v) is 14.4. The van der Waals surface area contributed by atoms with Gasteiger partial charge in [0.2, 0.25) is 5.95 Å². The molecular formula is C33H33FN6O4. The fourth-order valence-electron chi connectivity index (χ4n) is 6.15. The minimum absolute atomic E-state index is 0.0401. The van der Waals surface area contributed by atoms with E-state index in [4.69, 9.17) is 14.5 Å². The summed E-state index contributed by atoms with van der Waals surface area (Å²) >= 11 is 0. The van der Waals surface area contributed by atoms with E-state index in [2.05, 4.69) is 20.4 Å². The van der Waals surface area contributed by atoms with Crippen LogP contribution in [-0.4, -0.2) is 49.8 Å². The number of fused-ring (bicyclic) bond motifs is 1. The summed E-state index contributed by atoms with van der Waals surface area (Å²) in [5.41, 5.74) is 0.176. The van der Waals surface area contributed by atoms with E-state index in [-0.39, 0.29) is 17.1 Å². The third-order valence-electron chi connectivity index (χ3n) is 8.64. The second kappa shape index (κ2) is 11.6. The van der Waals surface area contributed by atoms with Crippen LogP contribution in [0.3, 0.4) is 0 Å². The molecule has 226 valence electrons. The Morgan fingerprint density at radius 1 is 1.09 bits per heavy atom. The van der Waals surface area contributed by atoms with Crippen molar-refractivity contribution in [2.45, 2.75) is 43.8 Å². The predicted molar refractivity (Wildman–Crippen MR) is 165 cm³/mol. The van der Waals surface area contributed by atoms with Crippen molar-refractivity contribution in [2.75, 3.05) is 12.4 Å². The Hall–Kier alpha value is -5.03. The molecule has 0 radical (unpaired) electrons. The quantitative estimate of drug-likeness (QED) is 0.0870. The van der Waals surface area contributed by atoms with Crippen molar-refractivity contribution in [2.24, 2.45) is 11.1 Å². The smallest absolute Gasteiger partial charge is 0.280 e. The van der Waals surface area contributed by atoms with Crippen molar-refractivity contribution in [1.82, 2.24) is 19.5 Å². The molecule has 0 bridgehead atoms. The first-order chi connectivity index (χ1) is 21.4. The van der Waals surface area contributed by atoms with E-state index in [1.807, 2.05) is 91.9 Å². The number of hydrogen-bond donors (Lipinski definition) is 3. The highest BCUT2D eigenvalue weighted by molar-refractivity contribution is 5.72. The van der Waals surface area contributed by atoms with Gasteiger partial charge >= 0.3 is 0 Å². The Morgan fingerprint density at radius 3 is 2.27 bits per heavy atom.